The van der Waals surface area contributed by atoms with Gasteiger partial charge in [0.1, 0.15) is 5.82 Å². The van der Waals surface area contributed by atoms with Crippen LogP contribution in [-0.2, 0) is 11.3 Å². The summed E-state index contributed by atoms with van der Waals surface area (Å²) in [4.78, 5) is 14.6. The van der Waals surface area contributed by atoms with Gasteiger partial charge in [-0.25, -0.2) is 4.39 Å². The number of amides is 1. The van der Waals surface area contributed by atoms with Gasteiger partial charge < -0.3 is 4.90 Å². The Morgan fingerprint density at radius 3 is 2.57 bits per heavy atom. The van der Waals surface area contributed by atoms with Crippen molar-refractivity contribution >= 4 is 5.91 Å². The van der Waals surface area contributed by atoms with E-state index in [0.29, 0.717) is 24.9 Å². The van der Waals surface area contributed by atoms with Gasteiger partial charge in [0.2, 0.25) is 5.91 Å². The summed E-state index contributed by atoms with van der Waals surface area (Å²) in [6.07, 6.45) is 9.15. The van der Waals surface area contributed by atoms with Crippen molar-refractivity contribution in [3.05, 3.63) is 35.6 Å². The van der Waals surface area contributed by atoms with Crippen LogP contribution < -0.4 is 0 Å². The second-order valence-electron chi connectivity index (χ2n) is 6.59. The normalized spacial score (nSPS) is 19.5. The lowest BCUT2D eigenvalue weighted by atomic mass is 9.86. The highest BCUT2D eigenvalue weighted by atomic mass is 19.1. The lowest BCUT2D eigenvalue weighted by Gasteiger charge is -2.27. The molecule has 3 heteroatoms. The lowest BCUT2D eigenvalue weighted by Crippen LogP contribution is -2.34. The second kappa shape index (κ2) is 6.59. The molecule has 2 aliphatic rings. The molecule has 114 valence electrons. The van der Waals surface area contributed by atoms with Gasteiger partial charge in [-0.3, -0.25) is 4.79 Å². The van der Waals surface area contributed by atoms with Gasteiger partial charge in [-0.05, 0) is 49.3 Å². The van der Waals surface area contributed by atoms with Crippen molar-refractivity contribution < 1.29 is 9.18 Å². The monoisotopic (exact) mass is 289 g/mol. The molecular weight excluding hydrogens is 265 g/mol. The third-order valence-electron chi connectivity index (χ3n) is 4.74. The van der Waals surface area contributed by atoms with Crippen molar-refractivity contribution in [3.63, 3.8) is 0 Å². The van der Waals surface area contributed by atoms with Gasteiger partial charge in [0.25, 0.3) is 0 Å². The van der Waals surface area contributed by atoms with E-state index < -0.39 is 0 Å². The van der Waals surface area contributed by atoms with Crippen molar-refractivity contribution in [2.24, 2.45) is 5.92 Å². The smallest absolute Gasteiger partial charge is 0.223 e. The van der Waals surface area contributed by atoms with Crippen LogP contribution in [0.1, 0.15) is 56.9 Å². The van der Waals surface area contributed by atoms with Gasteiger partial charge >= 0.3 is 0 Å². The number of halogens is 1. The molecule has 1 amide bonds. The number of hydrogen-bond acceptors (Lipinski definition) is 1. The van der Waals surface area contributed by atoms with Gasteiger partial charge in [0.15, 0.2) is 0 Å². The second-order valence-corrected chi connectivity index (χ2v) is 6.59. The van der Waals surface area contributed by atoms with Gasteiger partial charge in [0.05, 0.1) is 0 Å². The Morgan fingerprint density at radius 1 is 1.14 bits per heavy atom. The summed E-state index contributed by atoms with van der Waals surface area (Å²) in [5, 5.41) is 0. The van der Waals surface area contributed by atoms with Gasteiger partial charge in [-0.2, -0.15) is 0 Å². The average molecular weight is 289 g/mol. The number of benzene rings is 1. The Morgan fingerprint density at radius 2 is 1.90 bits per heavy atom. The van der Waals surface area contributed by atoms with Crippen LogP contribution in [0, 0.1) is 11.7 Å². The van der Waals surface area contributed by atoms with E-state index in [0.717, 1.165) is 18.4 Å². The summed E-state index contributed by atoms with van der Waals surface area (Å²) < 4.78 is 13.3. The molecule has 21 heavy (non-hydrogen) atoms. The van der Waals surface area contributed by atoms with Crippen LogP contribution in [0.2, 0.25) is 0 Å². The topological polar surface area (TPSA) is 20.3 Å². The molecule has 1 aromatic rings. The molecule has 0 aromatic heterocycles. The largest absolute Gasteiger partial charge is 0.335 e. The first-order chi connectivity index (χ1) is 10.2. The van der Waals surface area contributed by atoms with Crippen LogP contribution >= 0.6 is 0 Å². The van der Waals surface area contributed by atoms with E-state index in [2.05, 4.69) is 0 Å². The standard InChI is InChI=1S/C18H24FNO/c19-16-8-4-7-15(11-16)13-20(17-9-10-17)18(21)12-14-5-2-1-3-6-14/h4,7-8,11,14,17H,1-3,5-6,9-10,12-13H2. The SMILES string of the molecule is O=C(CC1CCCCC1)N(Cc1cccc(F)c1)C1CC1. The third-order valence-corrected chi connectivity index (χ3v) is 4.74. The average Bonchev–Trinajstić information content (AvgIpc) is 3.30. The maximum atomic E-state index is 13.3. The van der Waals surface area contributed by atoms with Crippen molar-refractivity contribution in [3.8, 4) is 0 Å². The highest BCUT2D eigenvalue weighted by Crippen LogP contribution is 2.32. The fourth-order valence-corrected chi connectivity index (χ4v) is 3.39. The predicted molar refractivity (Wildman–Crippen MR) is 81.2 cm³/mol. The molecule has 0 saturated heterocycles. The molecule has 0 bridgehead atoms. The lowest BCUT2D eigenvalue weighted by molar-refractivity contribution is -0.133. The van der Waals surface area contributed by atoms with Crippen LogP contribution in [0.3, 0.4) is 0 Å². The van der Waals surface area contributed by atoms with Gasteiger partial charge in [-0.15, -0.1) is 0 Å². The maximum absolute atomic E-state index is 13.3. The minimum absolute atomic E-state index is 0.219. The summed E-state index contributed by atoms with van der Waals surface area (Å²) >= 11 is 0. The first kappa shape index (κ1) is 14.6. The molecule has 0 radical (unpaired) electrons. The van der Waals surface area contributed by atoms with Crippen LogP contribution in [0.15, 0.2) is 24.3 Å². The molecule has 2 fully saturated rings. The Balaban J connectivity index is 1.62. The van der Waals surface area contributed by atoms with Gasteiger partial charge in [-0.1, -0.05) is 31.4 Å². The molecule has 0 heterocycles. The molecule has 1 aromatic carbocycles. The van der Waals surface area contributed by atoms with Crippen molar-refractivity contribution in [2.45, 2.75) is 64.0 Å². The number of rotatable bonds is 5. The Bertz CT molecular complexity index is 492. The first-order valence-corrected chi connectivity index (χ1v) is 8.26. The summed E-state index contributed by atoms with van der Waals surface area (Å²) in [6.45, 7) is 0.563. The molecule has 2 nitrogen and oxygen atoms in total. The molecule has 2 saturated carbocycles. The van der Waals surface area contributed by atoms with Crippen LogP contribution in [0.4, 0.5) is 4.39 Å². The quantitative estimate of drug-likeness (QED) is 0.792. The van der Waals surface area contributed by atoms with E-state index in [1.807, 2.05) is 11.0 Å². The zero-order chi connectivity index (χ0) is 14.7. The minimum Gasteiger partial charge on any atom is -0.335 e. The molecule has 2 aliphatic carbocycles. The summed E-state index contributed by atoms with van der Waals surface area (Å²) in [7, 11) is 0. The fraction of sp³-hybridized carbons (Fsp3) is 0.611. The number of nitrogens with zero attached hydrogens (tertiary/aromatic N) is 1. The van der Waals surface area contributed by atoms with E-state index in [4.69, 9.17) is 0 Å². The van der Waals surface area contributed by atoms with Crippen LogP contribution in [0.25, 0.3) is 0 Å². The zero-order valence-electron chi connectivity index (χ0n) is 12.6. The molecule has 0 atom stereocenters. The van der Waals surface area contributed by atoms with E-state index in [1.54, 1.807) is 12.1 Å². The van der Waals surface area contributed by atoms with E-state index in [1.165, 1.54) is 38.2 Å². The minimum atomic E-state index is -0.219. The maximum Gasteiger partial charge on any atom is 0.223 e. The summed E-state index contributed by atoms with van der Waals surface area (Å²) in [5.41, 5.74) is 0.902. The third kappa shape index (κ3) is 4.05. The molecule has 0 N–H and O–H groups in total. The summed E-state index contributed by atoms with van der Waals surface area (Å²) in [5.74, 6) is 0.622. The number of carbonyl (C=O) groups is 1. The molecule has 3 rings (SSSR count). The molecular formula is C18H24FNO. The highest BCUT2D eigenvalue weighted by Gasteiger charge is 2.33. The first-order valence-electron chi connectivity index (χ1n) is 8.26. The zero-order valence-corrected chi connectivity index (χ0v) is 12.6. The van der Waals surface area contributed by atoms with E-state index in [-0.39, 0.29) is 11.7 Å². The number of hydrogen-bond donors (Lipinski definition) is 0. The Labute approximate surface area is 126 Å². The molecule has 0 aliphatic heterocycles. The molecule has 0 spiro atoms. The van der Waals surface area contributed by atoms with Crippen molar-refractivity contribution in [1.82, 2.24) is 4.90 Å². The van der Waals surface area contributed by atoms with Crippen molar-refractivity contribution in [2.75, 3.05) is 0 Å². The predicted octanol–water partition coefficient (Wildman–Crippen LogP) is 4.29. The fourth-order valence-electron chi connectivity index (χ4n) is 3.39. The number of carbonyl (C=O) groups excluding carboxylic acids is 1. The van der Waals surface area contributed by atoms with Crippen molar-refractivity contribution in [1.29, 1.82) is 0 Å². The Hall–Kier alpha value is -1.38. The van der Waals surface area contributed by atoms with E-state index in [9.17, 15) is 9.18 Å². The highest BCUT2D eigenvalue weighted by molar-refractivity contribution is 5.77. The van der Waals surface area contributed by atoms with Gasteiger partial charge in [0, 0.05) is 19.0 Å². The summed E-state index contributed by atoms with van der Waals surface area (Å²) in [6, 6.07) is 7.02. The Kier molecular flexibility index (Phi) is 4.57. The molecule has 0 unspecified atom stereocenters. The van der Waals surface area contributed by atoms with Crippen LogP contribution in [0.5, 0.6) is 0 Å². The van der Waals surface area contributed by atoms with Crippen LogP contribution in [-0.4, -0.2) is 16.8 Å². The van der Waals surface area contributed by atoms with E-state index >= 15 is 0 Å².